The number of β-amino-alcohol motifs (C(OH)–C–C–N with tert-alkyl or cyclic N) is 2. The van der Waals surface area contributed by atoms with Crippen LogP contribution in [-0.4, -0.2) is 63.6 Å². The van der Waals surface area contributed by atoms with Crippen LogP contribution >= 0.6 is 0 Å². The maximum Gasteiger partial charge on any atom is 0.224 e. The van der Waals surface area contributed by atoms with E-state index in [0.29, 0.717) is 30.5 Å². The smallest absolute Gasteiger partial charge is 0.224 e. The average Bonchev–Trinajstić information content (AvgIpc) is 3.20. The van der Waals surface area contributed by atoms with E-state index >= 15 is 0 Å². The van der Waals surface area contributed by atoms with Crippen molar-refractivity contribution in [1.29, 1.82) is 0 Å². The van der Waals surface area contributed by atoms with E-state index in [9.17, 15) is 28.9 Å². The summed E-state index contributed by atoms with van der Waals surface area (Å²) in [4.78, 5) is 13.3. The van der Waals surface area contributed by atoms with Crippen molar-refractivity contribution >= 4 is 11.6 Å². The number of carbonyl (C=O) groups is 1. The van der Waals surface area contributed by atoms with Crippen LogP contribution in [0.2, 0.25) is 0 Å². The number of hydrogen-bond donors (Lipinski definition) is 4. The van der Waals surface area contributed by atoms with Gasteiger partial charge in [0, 0.05) is 32.0 Å². The fourth-order valence-electron chi connectivity index (χ4n) is 5.34. The quantitative estimate of drug-likeness (QED) is 0.543. The Balaban J connectivity index is 1.24. The number of likely N-dealkylation sites (tertiary alicyclic amines) is 1. The molecule has 1 amide bonds. The second-order valence-electron chi connectivity index (χ2n) is 9.25. The van der Waals surface area contributed by atoms with Gasteiger partial charge >= 0.3 is 0 Å². The second-order valence-corrected chi connectivity index (χ2v) is 9.25. The van der Waals surface area contributed by atoms with E-state index in [1.165, 1.54) is 18.2 Å². The van der Waals surface area contributed by atoms with E-state index in [-0.39, 0.29) is 42.8 Å². The van der Waals surface area contributed by atoms with Crippen molar-refractivity contribution in [3.8, 4) is 5.75 Å². The number of anilines is 1. The number of rotatable bonds is 5. The highest BCUT2D eigenvalue weighted by atomic mass is 19.1. The summed E-state index contributed by atoms with van der Waals surface area (Å²) in [7, 11) is 0. The zero-order chi connectivity index (χ0) is 23.3. The minimum absolute atomic E-state index is 0.0306. The molecule has 0 bridgehead atoms. The van der Waals surface area contributed by atoms with Gasteiger partial charge in [0.25, 0.3) is 0 Å². The number of fused-ring (bicyclic) bond motifs is 2. The van der Waals surface area contributed by atoms with Crippen molar-refractivity contribution in [2.75, 3.05) is 25.0 Å². The fourth-order valence-corrected chi connectivity index (χ4v) is 5.34. The Bertz CT molecular complexity index is 1080. The minimum Gasteiger partial charge on any atom is -0.485 e. The highest BCUT2D eigenvalue weighted by Gasteiger charge is 2.59. The van der Waals surface area contributed by atoms with Crippen LogP contribution < -0.4 is 10.1 Å². The van der Waals surface area contributed by atoms with Crippen molar-refractivity contribution < 1.29 is 33.6 Å². The molecule has 1 saturated carbocycles. The van der Waals surface area contributed by atoms with Gasteiger partial charge in [-0.25, -0.2) is 8.78 Å². The Morgan fingerprint density at radius 2 is 2.00 bits per heavy atom. The summed E-state index contributed by atoms with van der Waals surface area (Å²) in [5.74, 6) is -1.64. The fraction of sp³-hybridized carbons (Fsp3) is 0.458. The molecule has 33 heavy (non-hydrogen) atoms. The maximum atomic E-state index is 14.5. The van der Waals surface area contributed by atoms with Crippen LogP contribution in [0.3, 0.4) is 0 Å². The number of aryl methyl sites for hydroxylation is 1. The summed E-state index contributed by atoms with van der Waals surface area (Å²) in [5, 5.41) is 35.2. The van der Waals surface area contributed by atoms with Crippen molar-refractivity contribution in [3.63, 3.8) is 0 Å². The first-order chi connectivity index (χ1) is 15.7. The third-order valence-corrected chi connectivity index (χ3v) is 7.05. The van der Waals surface area contributed by atoms with Crippen LogP contribution in [0.1, 0.15) is 30.1 Å². The molecule has 3 aliphatic rings. The number of para-hydroxylation sites is 1. The monoisotopic (exact) mass is 460 g/mol. The SMILES string of the molecule is O=C1CCc2cc([C@H](O)CN3C[C@H]4C[C@H](Oc5ccccc5F)[C@H](O)[C@@]4(O)C3)cc(F)c2N1. The molecule has 4 N–H and O–H groups in total. The van der Waals surface area contributed by atoms with Crippen LogP contribution in [0.5, 0.6) is 5.75 Å². The number of carbonyl (C=O) groups excluding carboxylic acids is 1. The Hall–Kier alpha value is -2.59. The molecule has 9 heteroatoms. The third-order valence-electron chi connectivity index (χ3n) is 7.05. The van der Waals surface area contributed by atoms with Gasteiger partial charge in [0.15, 0.2) is 11.6 Å². The Labute approximate surface area is 189 Å². The molecule has 1 saturated heterocycles. The van der Waals surface area contributed by atoms with Crippen LogP contribution in [0.4, 0.5) is 14.5 Å². The Morgan fingerprint density at radius 3 is 2.76 bits per heavy atom. The molecule has 0 radical (unpaired) electrons. The van der Waals surface area contributed by atoms with Gasteiger partial charge in [-0.2, -0.15) is 0 Å². The molecule has 2 aromatic rings. The van der Waals surface area contributed by atoms with E-state index in [2.05, 4.69) is 5.32 Å². The van der Waals surface area contributed by atoms with Crippen molar-refractivity contribution in [2.24, 2.45) is 5.92 Å². The molecule has 5 atom stereocenters. The van der Waals surface area contributed by atoms with Gasteiger partial charge < -0.3 is 25.4 Å². The van der Waals surface area contributed by atoms with E-state index in [1.807, 2.05) is 4.90 Å². The normalized spacial score (nSPS) is 30.0. The lowest BCUT2D eigenvalue weighted by molar-refractivity contribution is -0.116. The number of nitrogens with zero attached hydrogens (tertiary/aromatic N) is 1. The molecule has 1 aliphatic carbocycles. The maximum absolute atomic E-state index is 14.5. The third kappa shape index (κ3) is 3.99. The second kappa shape index (κ2) is 8.32. The largest absolute Gasteiger partial charge is 0.485 e. The topological polar surface area (TPSA) is 102 Å². The molecule has 7 nitrogen and oxygen atoms in total. The van der Waals surface area contributed by atoms with Gasteiger partial charge in [-0.1, -0.05) is 18.2 Å². The molecular formula is C24H26F2N2O5. The zero-order valence-corrected chi connectivity index (χ0v) is 17.9. The molecule has 2 aromatic carbocycles. The first kappa shape index (κ1) is 22.2. The van der Waals surface area contributed by atoms with Crippen LogP contribution in [0.15, 0.2) is 36.4 Å². The number of amides is 1. The number of benzene rings is 2. The predicted octanol–water partition coefficient (Wildman–Crippen LogP) is 1.76. The highest BCUT2D eigenvalue weighted by Crippen LogP contribution is 2.44. The Morgan fingerprint density at radius 1 is 1.21 bits per heavy atom. The summed E-state index contributed by atoms with van der Waals surface area (Å²) in [6, 6.07) is 8.84. The van der Waals surface area contributed by atoms with Gasteiger partial charge in [0.1, 0.15) is 23.6 Å². The Kier molecular flexibility index (Phi) is 5.60. The zero-order valence-electron chi connectivity index (χ0n) is 17.9. The molecule has 0 spiro atoms. The first-order valence-corrected chi connectivity index (χ1v) is 11.1. The van der Waals surface area contributed by atoms with Crippen LogP contribution in [-0.2, 0) is 11.2 Å². The number of hydrogen-bond acceptors (Lipinski definition) is 6. The number of nitrogens with one attached hydrogen (secondary N) is 1. The lowest BCUT2D eigenvalue weighted by Gasteiger charge is -2.29. The molecule has 0 aromatic heterocycles. The van der Waals surface area contributed by atoms with Gasteiger partial charge in [0.05, 0.1) is 11.8 Å². The van der Waals surface area contributed by atoms with Crippen molar-refractivity contribution in [3.05, 3.63) is 59.2 Å². The van der Waals surface area contributed by atoms with E-state index in [1.54, 1.807) is 18.2 Å². The molecule has 5 rings (SSSR count). The molecular weight excluding hydrogens is 434 g/mol. The lowest BCUT2D eigenvalue weighted by atomic mass is 9.93. The molecule has 0 unspecified atom stereocenters. The van der Waals surface area contributed by atoms with E-state index in [4.69, 9.17) is 4.74 Å². The summed E-state index contributed by atoms with van der Waals surface area (Å²) in [5.41, 5.74) is -0.241. The minimum atomic E-state index is -1.44. The predicted molar refractivity (Wildman–Crippen MR) is 115 cm³/mol. The number of aliphatic hydroxyl groups is 3. The summed E-state index contributed by atoms with van der Waals surface area (Å²) in [6.45, 7) is 0.663. The lowest BCUT2D eigenvalue weighted by Crippen LogP contribution is -2.49. The van der Waals surface area contributed by atoms with Crippen molar-refractivity contribution in [1.82, 2.24) is 4.90 Å². The number of ether oxygens (including phenoxy) is 1. The molecule has 176 valence electrons. The standard InChI is InChI=1S/C24H26F2N2O5/c25-16-3-1-2-4-19(16)33-20-9-15-10-28(12-24(15,32)23(20)31)11-18(29)14-7-13-5-6-21(30)27-22(13)17(26)8-14/h1-4,7-8,15,18,20,23,29,31-32H,5-6,9-12H2,(H,27,30)/t15-,18-,20+,23+,24-/m1/s1. The van der Waals surface area contributed by atoms with Gasteiger partial charge in [-0.05, 0) is 42.2 Å². The van der Waals surface area contributed by atoms with Crippen molar-refractivity contribution in [2.45, 2.75) is 43.2 Å². The van der Waals surface area contributed by atoms with E-state index < -0.39 is 35.5 Å². The average molecular weight is 460 g/mol. The van der Waals surface area contributed by atoms with Crippen LogP contribution in [0.25, 0.3) is 0 Å². The van der Waals surface area contributed by atoms with Gasteiger partial charge in [-0.15, -0.1) is 0 Å². The van der Waals surface area contributed by atoms with Gasteiger partial charge in [-0.3, -0.25) is 9.69 Å². The molecule has 2 aliphatic heterocycles. The number of aliphatic hydroxyl groups excluding tert-OH is 2. The van der Waals surface area contributed by atoms with E-state index in [0.717, 1.165) is 0 Å². The summed E-state index contributed by atoms with van der Waals surface area (Å²) < 4.78 is 34.1. The first-order valence-electron chi connectivity index (χ1n) is 11.1. The highest BCUT2D eigenvalue weighted by molar-refractivity contribution is 5.94. The number of halogens is 2. The summed E-state index contributed by atoms with van der Waals surface area (Å²) in [6.07, 6.45) is -1.96. The van der Waals surface area contributed by atoms with Gasteiger partial charge in [0.2, 0.25) is 5.91 Å². The molecule has 2 heterocycles. The molecule has 2 fully saturated rings. The summed E-state index contributed by atoms with van der Waals surface area (Å²) >= 11 is 0. The van der Waals surface area contributed by atoms with Crippen LogP contribution in [0, 0.1) is 17.6 Å².